The monoisotopic (exact) mass is 123 g/mol. The maximum absolute atomic E-state index is 10.4. The zero-order chi connectivity index (χ0) is 5.45. The first kappa shape index (κ1) is 6.07. The highest BCUT2D eigenvalue weighted by atomic mass is 32.4. The smallest absolute Gasteiger partial charge is 0.127 e. The van der Waals surface area contributed by atoms with Crippen LogP contribution in [0.15, 0.2) is 0 Å². The predicted molar refractivity (Wildman–Crippen MR) is 18.8 cm³/mol. The fraction of sp³-hybridized carbons (Fsp3) is 0. The van der Waals surface area contributed by atoms with Gasteiger partial charge in [-0.3, -0.25) is 0 Å². The molecule has 0 spiro atoms. The van der Waals surface area contributed by atoms with E-state index in [1.807, 2.05) is 0 Å². The van der Waals surface area contributed by atoms with Crippen molar-refractivity contribution in [1.82, 2.24) is 0 Å². The molecular formula is CH3F4S. The Balaban J connectivity index is 3.73. The third-order valence-electron chi connectivity index (χ3n) is 0. The molecule has 0 bridgehead atoms. The molecule has 0 saturated heterocycles. The van der Waals surface area contributed by atoms with Crippen LogP contribution in [0.4, 0.5) is 15.5 Å². The van der Waals surface area contributed by atoms with Gasteiger partial charge in [0.15, 0.2) is 10.7 Å². The first-order chi connectivity index (χ1) is 2.24. The lowest BCUT2D eigenvalue weighted by Gasteiger charge is -2.20. The van der Waals surface area contributed by atoms with E-state index in [9.17, 15) is 15.5 Å². The minimum atomic E-state index is -7.30. The van der Waals surface area contributed by atoms with Gasteiger partial charge in [-0.1, -0.05) is 0 Å². The van der Waals surface area contributed by atoms with Gasteiger partial charge in [0.2, 0.25) is 0 Å². The highest BCUT2D eigenvalue weighted by Gasteiger charge is 2.28. The average molecular weight is 123 g/mol. The molecule has 0 aromatic heterocycles. The lowest BCUT2D eigenvalue weighted by molar-refractivity contribution is 0.515. The van der Waals surface area contributed by atoms with Crippen molar-refractivity contribution in [2.45, 2.75) is 0 Å². The largest absolute Gasteiger partial charge is 0.157 e. The molecule has 0 aliphatic heterocycles. The van der Waals surface area contributed by atoms with Crippen LogP contribution < -0.4 is 0 Å². The van der Waals surface area contributed by atoms with Crippen LogP contribution in [0.1, 0.15) is 0 Å². The highest BCUT2D eigenvalue weighted by molar-refractivity contribution is 8.34. The van der Waals surface area contributed by atoms with E-state index < -0.39 is 10.7 Å². The van der Waals surface area contributed by atoms with E-state index in [0.29, 0.717) is 0 Å². The van der Waals surface area contributed by atoms with Gasteiger partial charge in [-0.15, -0.1) is 15.5 Å². The van der Waals surface area contributed by atoms with Gasteiger partial charge < -0.3 is 0 Å². The Labute approximate surface area is 33.6 Å². The number of thiol groups is 1. The van der Waals surface area contributed by atoms with E-state index in [4.69, 9.17) is 0 Å². The Morgan fingerprint density at radius 2 is 1.00 bits per heavy atom. The van der Waals surface area contributed by atoms with Crippen molar-refractivity contribution in [2.24, 2.45) is 0 Å². The molecule has 0 amide bonds. The molecule has 0 N–H and O–H groups in total. The summed E-state index contributed by atoms with van der Waals surface area (Å²) in [7, 11) is -7.30. The minimum absolute atomic E-state index is 1.37. The van der Waals surface area contributed by atoms with Crippen molar-refractivity contribution in [3.05, 3.63) is 6.26 Å². The van der Waals surface area contributed by atoms with Crippen molar-refractivity contribution in [3.63, 3.8) is 0 Å². The second-order valence-corrected chi connectivity index (χ2v) is 2.58. The molecule has 0 aromatic carbocycles. The predicted octanol–water partition coefficient (Wildman–Crippen LogP) is 2.39. The van der Waals surface area contributed by atoms with Gasteiger partial charge in [0.05, 0.1) is 6.26 Å². The van der Waals surface area contributed by atoms with E-state index in [2.05, 4.69) is 0 Å². The Morgan fingerprint density at radius 1 is 1.00 bits per heavy atom. The molecule has 0 saturated carbocycles. The maximum atomic E-state index is 10.4. The summed E-state index contributed by atoms with van der Waals surface area (Å²) in [5.74, 6) is 0. The topological polar surface area (TPSA) is 0 Å². The van der Waals surface area contributed by atoms with Crippen LogP contribution in [0, 0.1) is 6.26 Å². The molecule has 1 radical (unpaired) electrons. The summed E-state index contributed by atoms with van der Waals surface area (Å²) in [6.07, 6.45) is 1.37. The average Bonchev–Trinajstić information content (AvgIpc) is 0.650. The van der Waals surface area contributed by atoms with Crippen molar-refractivity contribution in [3.8, 4) is 0 Å². The fourth-order valence-corrected chi connectivity index (χ4v) is 0. The third kappa shape index (κ3) is 7830. The van der Waals surface area contributed by atoms with E-state index in [1.54, 1.807) is 0 Å². The lowest BCUT2D eigenvalue weighted by Crippen LogP contribution is -1.74. The number of halogens is 4. The Kier molecular flexibility index (Phi) is 0.838. The Morgan fingerprint density at radius 3 is 1.00 bits per heavy atom. The van der Waals surface area contributed by atoms with E-state index in [-0.39, 0.29) is 0 Å². The van der Waals surface area contributed by atoms with Crippen LogP contribution in [-0.4, -0.2) is 0 Å². The van der Waals surface area contributed by atoms with E-state index >= 15 is 0 Å². The molecule has 41 valence electrons. The Hall–Kier alpha value is 0.0700. The minimum Gasteiger partial charge on any atom is -0.127 e. The second kappa shape index (κ2) is 0.828. The molecule has 0 nitrogen and oxygen atoms in total. The third-order valence-corrected chi connectivity index (χ3v) is 0. The zero-order valence-corrected chi connectivity index (χ0v) is 3.56. The quantitative estimate of drug-likeness (QED) is 0.371. The first-order valence-electron chi connectivity index (χ1n) is 0.992. The number of hydrogen-bond donors (Lipinski definition) is 1. The van der Waals surface area contributed by atoms with Crippen molar-refractivity contribution in [1.29, 1.82) is 0 Å². The summed E-state index contributed by atoms with van der Waals surface area (Å²) in [6, 6.07) is 0. The molecular weight excluding hydrogens is 120 g/mol. The maximum Gasteiger partial charge on any atom is 0.157 e. The SMILES string of the molecule is [CH2][SH](F)(F)(F)F. The van der Waals surface area contributed by atoms with Crippen molar-refractivity contribution in [2.75, 3.05) is 0 Å². The summed E-state index contributed by atoms with van der Waals surface area (Å²) in [5.41, 5.74) is 0. The highest BCUT2D eigenvalue weighted by Crippen LogP contribution is 2.75. The molecule has 0 fully saturated rings. The fourth-order valence-electron chi connectivity index (χ4n) is 0. The summed E-state index contributed by atoms with van der Waals surface area (Å²) in [4.78, 5) is 0. The van der Waals surface area contributed by atoms with Gasteiger partial charge in [-0.05, 0) is 0 Å². The lowest BCUT2D eigenvalue weighted by atomic mass is 12.0. The van der Waals surface area contributed by atoms with Gasteiger partial charge in [0.1, 0.15) is 0 Å². The molecule has 0 aliphatic carbocycles. The van der Waals surface area contributed by atoms with Crippen molar-refractivity contribution >= 4 is 10.7 Å². The summed E-state index contributed by atoms with van der Waals surface area (Å²) in [5, 5.41) is 0. The molecule has 0 rings (SSSR count). The summed E-state index contributed by atoms with van der Waals surface area (Å²) >= 11 is 0. The van der Waals surface area contributed by atoms with Crippen LogP contribution >= 0.6 is 10.7 Å². The van der Waals surface area contributed by atoms with Crippen LogP contribution in [0.2, 0.25) is 0 Å². The van der Waals surface area contributed by atoms with Crippen molar-refractivity contribution < 1.29 is 15.5 Å². The molecule has 0 aliphatic rings. The zero-order valence-electron chi connectivity index (χ0n) is 2.67. The second-order valence-electron chi connectivity index (χ2n) is 0.861. The van der Waals surface area contributed by atoms with E-state index in [0.717, 1.165) is 0 Å². The molecule has 0 unspecified atom stereocenters. The molecule has 6 heavy (non-hydrogen) atoms. The Bertz CT molecular complexity index is 40.7. The van der Waals surface area contributed by atoms with Crippen LogP contribution in [0.25, 0.3) is 0 Å². The normalized spacial score (nSPS) is 19.2. The van der Waals surface area contributed by atoms with Gasteiger partial charge in [-0.2, -0.15) is 0 Å². The standard InChI is InChI=1S/CH3F4S/c1-6(2,3,4)5/h6H,1H2. The summed E-state index contributed by atoms with van der Waals surface area (Å²) in [6.45, 7) is 0. The van der Waals surface area contributed by atoms with Gasteiger partial charge in [-0.25, -0.2) is 0 Å². The first-order valence-corrected chi connectivity index (χ1v) is 2.98. The van der Waals surface area contributed by atoms with Gasteiger partial charge in [0, 0.05) is 0 Å². The molecule has 0 heterocycles. The van der Waals surface area contributed by atoms with Crippen LogP contribution in [0.5, 0.6) is 0 Å². The molecule has 0 atom stereocenters. The summed E-state index contributed by atoms with van der Waals surface area (Å²) < 4.78 is 41.6. The van der Waals surface area contributed by atoms with Gasteiger partial charge in [0.25, 0.3) is 0 Å². The molecule has 5 heteroatoms. The van der Waals surface area contributed by atoms with Crippen LogP contribution in [-0.2, 0) is 0 Å². The molecule has 0 aromatic rings. The van der Waals surface area contributed by atoms with Gasteiger partial charge >= 0.3 is 0 Å². The number of rotatable bonds is 0. The van der Waals surface area contributed by atoms with Crippen LogP contribution in [0.3, 0.4) is 0 Å². The van der Waals surface area contributed by atoms with E-state index in [1.165, 1.54) is 6.26 Å². The number of hydrogen-bond acceptors (Lipinski definition) is 0.